The first kappa shape index (κ1) is 30.3. The number of Topliss-reactive ketones (excluding diaryl/α,β-unsaturated/α-hetero) is 1. The molecule has 0 unspecified atom stereocenters. The van der Waals surface area contributed by atoms with Gasteiger partial charge in [0.25, 0.3) is 0 Å². The van der Waals surface area contributed by atoms with Gasteiger partial charge in [-0.15, -0.1) is 11.3 Å². The quantitative estimate of drug-likeness (QED) is 0.384. The predicted molar refractivity (Wildman–Crippen MR) is 138 cm³/mol. The van der Waals surface area contributed by atoms with Gasteiger partial charge >= 0.3 is 5.97 Å². The predicted octanol–water partition coefficient (Wildman–Crippen LogP) is 4.75. The monoisotopic (exact) mass is 525 g/mol. The van der Waals surface area contributed by atoms with Gasteiger partial charge in [0, 0.05) is 23.8 Å². The Kier molecular flexibility index (Phi) is 11.4. The second-order valence-corrected chi connectivity index (χ2v) is 11.2. The number of halogens is 1. The fraction of sp³-hybridized carbons (Fsp3) is 0.667. The first-order chi connectivity index (χ1) is 16.9. The standard InChI is InChI=1S/C27H40FNO6S/c1-6-19-25(33)17(3)9-7-8-16(2)10-11-21(20(28)12-18-15-36-23(14-30)29-18)35-24(32)13-22(31)27(4,5)26(19)34/h10,12,15,17,19,21-22,25,30-31,33H,6-9,11,13-14H2,1-5H3/t17-,19+,21-,22-,25-/m0/s1. The number of allylic oxidation sites excluding steroid dienone is 1. The molecule has 0 saturated carbocycles. The second-order valence-electron chi connectivity index (χ2n) is 10.3. The number of ether oxygens (including phenoxy) is 1. The lowest BCUT2D eigenvalue weighted by atomic mass is 9.71. The van der Waals surface area contributed by atoms with Crippen molar-refractivity contribution in [3.8, 4) is 0 Å². The molecule has 7 nitrogen and oxygen atoms in total. The highest BCUT2D eigenvalue weighted by molar-refractivity contribution is 7.09. The Balaban J connectivity index is 2.35. The zero-order valence-electron chi connectivity index (χ0n) is 21.9. The van der Waals surface area contributed by atoms with Gasteiger partial charge in [-0.25, -0.2) is 9.37 Å². The maximum atomic E-state index is 15.2. The van der Waals surface area contributed by atoms with Crippen LogP contribution in [-0.2, 0) is 20.9 Å². The summed E-state index contributed by atoms with van der Waals surface area (Å²) in [4.78, 5) is 30.2. The summed E-state index contributed by atoms with van der Waals surface area (Å²) in [5.74, 6) is -2.62. The molecule has 2 rings (SSSR count). The zero-order valence-corrected chi connectivity index (χ0v) is 22.7. The number of nitrogens with zero attached hydrogens (tertiary/aromatic N) is 1. The number of aromatic nitrogens is 1. The van der Waals surface area contributed by atoms with E-state index in [4.69, 9.17) is 4.74 Å². The lowest BCUT2D eigenvalue weighted by Crippen LogP contribution is -2.46. The van der Waals surface area contributed by atoms with Gasteiger partial charge in [0.15, 0.2) is 6.10 Å². The molecule has 0 amide bonds. The van der Waals surface area contributed by atoms with Gasteiger partial charge in [0.05, 0.1) is 36.3 Å². The van der Waals surface area contributed by atoms with Gasteiger partial charge in [-0.05, 0) is 38.5 Å². The summed E-state index contributed by atoms with van der Waals surface area (Å²) in [6, 6.07) is 0. The number of aliphatic hydroxyl groups excluding tert-OH is 3. The van der Waals surface area contributed by atoms with Crippen molar-refractivity contribution in [2.45, 2.75) is 98.1 Å². The van der Waals surface area contributed by atoms with E-state index in [-0.39, 0.29) is 24.7 Å². The van der Waals surface area contributed by atoms with Gasteiger partial charge in [0.2, 0.25) is 0 Å². The van der Waals surface area contributed by atoms with Gasteiger partial charge < -0.3 is 20.1 Å². The van der Waals surface area contributed by atoms with Gasteiger partial charge in [-0.3, -0.25) is 9.59 Å². The lowest BCUT2D eigenvalue weighted by molar-refractivity contribution is -0.155. The molecule has 0 aromatic carbocycles. The SMILES string of the molecule is CC[C@H]1C(=O)C(C)(C)[C@@H](O)CC(=O)O[C@H](C(F)=Cc2csc(CO)n2)CC=C(C)CCC[C@H](C)[C@@H]1O. The number of carbonyl (C=O) groups is 2. The Morgan fingerprint density at radius 3 is 2.64 bits per heavy atom. The summed E-state index contributed by atoms with van der Waals surface area (Å²) < 4.78 is 20.6. The molecular formula is C27H40FNO6S. The average Bonchev–Trinajstić information content (AvgIpc) is 3.28. The minimum atomic E-state index is -1.36. The van der Waals surface area contributed by atoms with Gasteiger partial charge in [-0.1, -0.05) is 39.3 Å². The van der Waals surface area contributed by atoms with E-state index in [1.807, 2.05) is 26.8 Å². The number of esters is 1. The molecule has 2 heterocycles. The Morgan fingerprint density at radius 1 is 1.33 bits per heavy atom. The van der Waals surface area contributed by atoms with Crippen molar-refractivity contribution in [2.24, 2.45) is 17.3 Å². The normalized spacial score (nSPS) is 29.5. The van der Waals surface area contributed by atoms with Crippen molar-refractivity contribution in [3.05, 3.63) is 33.6 Å². The van der Waals surface area contributed by atoms with E-state index in [0.29, 0.717) is 23.5 Å². The largest absolute Gasteiger partial charge is 0.455 e. The Hall–Kier alpha value is -1.94. The van der Waals surface area contributed by atoms with Crippen LogP contribution in [0.3, 0.4) is 0 Å². The fourth-order valence-corrected chi connectivity index (χ4v) is 5.05. The van der Waals surface area contributed by atoms with Crippen LogP contribution in [0.25, 0.3) is 6.08 Å². The number of hydrogen-bond acceptors (Lipinski definition) is 8. The first-order valence-electron chi connectivity index (χ1n) is 12.6. The highest BCUT2D eigenvalue weighted by Crippen LogP contribution is 2.34. The fourth-order valence-electron chi connectivity index (χ4n) is 4.44. The first-order valence-corrected chi connectivity index (χ1v) is 13.5. The number of carbonyl (C=O) groups excluding carboxylic acids is 2. The van der Waals surface area contributed by atoms with Crippen LogP contribution in [0.1, 0.15) is 83.8 Å². The lowest BCUT2D eigenvalue weighted by Gasteiger charge is -2.35. The zero-order chi connectivity index (χ0) is 27.0. The third kappa shape index (κ3) is 8.03. The van der Waals surface area contributed by atoms with Crippen molar-refractivity contribution < 1.29 is 34.0 Å². The van der Waals surface area contributed by atoms with Crippen LogP contribution in [0, 0.1) is 17.3 Å². The molecule has 1 aromatic heterocycles. The molecule has 0 radical (unpaired) electrons. The summed E-state index contributed by atoms with van der Waals surface area (Å²) in [6.45, 7) is 8.53. The Bertz CT molecular complexity index is 956. The van der Waals surface area contributed by atoms with E-state index >= 15 is 4.39 Å². The van der Waals surface area contributed by atoms with Crippen LogP contribution in [0.4, 0.5) is 4.39 Å². The summed E-state index contributed by atoms with van der Waals surface area (Å²) in [7, 11) is 0. The van der Waals surface area contributed by atoms with Crippen molar-refractivity contribution in [1.29, 1.82) is 0 Å². The second kappa shape index (κ2) is 13.6. The molecule has 0 spiro atoms. The third-order valence-corrected chi connectivity index (χ3v) is 7.93. The number of rotatable bonds is 4. The van der Waals surface area contributed by atoms with E-state index in [1.165, 1.54) is 17.4 Å². The molecule has 0 aliphatic carbocycles. The van der Waals surface area contributed by atoms with E-state index in [0.717, 1.165) is 18.4 Å². The molecule has 1 aliphatic rings. The summed E-state index contributed by atoms with van der Waals surface area (Å²) >= 11 is 1.19. The molecule has 1 aromatic rings. The molecule has 5 atom stereocenters. The molecule has 0 saturated heterocycles. The van der Waals surface area contributed by atoms with Crippen LogP contribution in [-0.4, -0.2) is 50.4 Å². The average molecular weight is 526 g/mol. The number of cyclic esters (lactones) is 1. The Labute approximate surface area is 217 Å². The van der Waals surface area contributed by atoms with Crippen LogP contribution < -0.4 is 0 Å². The summed E-state index contributed by atoms with van der Waals surface area (Å²) in [5, 5.41) is 33.0. The third-order valence-electron chi connectivity index (χ3n) is 7.08. The van der Waals surface area contributed by atoms with Crippen LogP contribution in [0.15, 0.2) is 22.9 Å². The molecule has 3 N–H and O–H groups in total. The molecule has 0 fully saturated rings. The highest BCUT2D eigenvalue weighted by Gasteiger charge is 2.43. The highest BCUT2D eigenvalue weighted by atomic mass is 32.1. The molecule has 202 valence electrons. The smallest absolute Gasteiger partial charge is 0.309 e. The van der Waals surface area contributed by atoms with Crippen LogP contribution in [0.2, 0.25) is 0 Å². The van der Waals surface area contributed by atoms with E-state index < -0.39 is 47.9 Å². The van der Waals surface area contributed by atoms with Crippen molar-refractivity contribution >= 4 is 29.2 Å². The number of hydrogen-bond donors (Lipinski definition) is 3. The minimum Gasteiger partial charge on any atom is -0.455 e. The Morgan fingerprint density at radius 2 is 2.03 bits per heavy atom. The summed E-state index contributed by atoms with van der Waals surface area (Å²) in [6.07, 6.45) is 1.83. The molecule has 1 aliphatic heterocycles. The van der Waals surface area contributed by atoms with Crippen molar-refractivity contribution in [2.75, 3.05) is 0 Å². The maximum Gasteiger partial charge on any atom is 0.309 e. The van der Waals surface area contributed by atoms with E-state index in [2.05, 4.69) is 4.98 Å². The molecule has 0 bridgehead atoms. The maximum absolute atomic E-state index is 15.2. The van der Waals surface area contributed by atoms with E-state index in [9.17, 15) is 24.9 Å². The number of thiazole rings is 1. The minimum absolute atomic E-state index is 0.103. The van der Waals surface area contributed by atoms with Crippen molar-refractivity contribution in [1.82, 2.24) is 4.98 Å². The molecule has 36 heavy (non-hydrogen) atoms. The molecular weight excluding hydrogens is 485 g/mol. The van der Waals surface area contributed by atoms with Crippen LogP contribution >= 0.6 is 11.3 Å². The van der Waals surface area contributed by atoms with Gasteiger partial charge in [-0.2, -0.15) is 0 Å². The summed E-state index contributed by atoms with van der Waals surface area (Å²) in [5.41, 5.74) is 0.00701. The molecule has 9 heteroatoms. The topological polar surface area (TPSA) is 117 Å². The van der Waals surface area contributed by atoms with Crippen LogP contribution in [0.5, 0.6) is 0 Å². The van der Waals surface area contributed by atoms with Gasteiger partial charge in [0.1, 0.15) is 16.6 Å². The van der Waals surface area contributed by atoms with Crippen molar-refractivity contribution in [3.63, 3.8) is 0 Å². The number of ketones is 1. The van der Waals surface area contributed by atoms with E-state index in [1.54, 1.807) is 19.2 Å². The number of aliphatic hydroxyl groups is 3.